The first-order valence-electron chi connectivity index (χ1n) is 5.05. The summed E-state index contributed by atoms with van der Waals surface area (Å²) in [6.07, 6.45) is 0.876. The number of benzene rings is 1. The molecule has 88 valence electrons. The van der Waals surface area contributed by atoms with Gasteiger partial charge in [0.05, 0.1) is 4.90 Å². The van der Waals surface area contributed by atoms with E-state index in [1.165, 1.54) is 5.01 Å². The molecule has 2 N–H and O–H groups in total. The summed E-state index contributed by atoms with van der Waals surface area (Å²) in [5.74, 6) is 0. The van der Waals surface area contributed by atoms with Crippen LogP contribution in [0.4, 0.5) is 5.69 Å². The molecule has 1 aromatic rings. The number of rotatable bonds is 3. The van der Waals surface area contributed by atoms with E-state index in [0.29, 0.717) is 4.90 Å². The van der Waals surface area contributed by atoms with Gasteiger partial charge in [-0.2, -0.15) is 0 Å². The number of hydrogen-bond acceptors (Lipinski definition) is 4. The molecule has 1 aliphatic rings. The standard InChI is InChI=1S/C10H15N3O2S/c1-13(2)12-16(14,15)9-3-4-10-8(7-9)5-6-11-10/h3-4,7,11-12H,5-6H2,1-2H3. The van der Waals surface area contributed by atoms with Gasteiger partial charge >= 0.3 is 0 Å². The summed E-state index contributed by atoms with van der Waals surface area (Å²) < 4.78 is 23.7. The van der Waals surface area contributed by atoms with Crippen molar-refractivity contribution in [2.45, 2.75) is 11.3 Å². The summed E-state index contributed by atoms with van der Waals surface area (Å²) in [5, 5.41) is 4.61. The Hall–Kier alpha value is -1.11. The van der Waals surface area contributed by atoms with Crippen molar-refractivity contribution in [3.63, 3.8) is 0 Å². The molecule has 1 heterocycles. The molecule has 0 amide bonds. The van der Waals surface area contributed by atoms with Crippen molar-refractivity contribution in [3.05, 3.63) is 23.8 Å². The normalized spacial score (nSPS) is 14.9. The van der Waals surface area contributed by atoms with Crippen molar-refractivity contribution in [1.82, 2.24) is 9.84 Å². The highest BCUT2D eigenvalue weighted by Gasteiger charge is 2.18. The van der Waals surface area contributed by atoms with Gasteiger partial charge in [-0.25, -0.2) is 13.4 Å². The van der Waals surface area contributed by atoms with Crippen molar-refractivity contribution >= 4 is 15.7 Å². The number of anilines is 1. The third-order valence-corrected chi connectivity index (χ3v) is 3.88. The molecule has 5 nitrogen and oxygen atoms in total. The van der Waals surface area contributed by atoms with E-state index < -0.39 is 10.0 Å². The van der Waals surface area contributed by atoms with Crippen LogP contribution in [0, 0.1) is 0 Å². The van der Waals surface area contributed by atoms with Gasteiger partial charge in [-0.15, -0.1) is 4.83 Å². The van der Waals surface area contributed by atoms with Crippen LogP contribution in [0.25, 0.3) is 0 Å². The predicted octanol–water partition coefficient (Wildman–Crippen LogP) is 0.409. The average Bonchev–Trinajstić information content (AvgIpc) is 2.61. The topological polar surface area (TPSA) is 61.4 Å². The Balaban J connectivity index is 2.34. The molecule has 0 spiro atoms. The summed E-state index contributed by atoms with van der Waals surface area (Å²) in [5.41, 5.74) is 2.09. The maximum absolute atomic E-state index is 11.9. The van der Waals surface area contributed by atoms with Gasteiger partial charge in [-0.3, -0.25) is 0 Å². The lowest BCUT2D eigenvalue weighted by Crippen LogP contribution is -2.36. The third-order valence-electron chi connectivity index (χ3n) is 2.40. The summed E-state index contributed by atoms with van der Waals surface area (Å²) in [6.45, 7) is 0.875. The van der Waals surface area contributed by atoms with Gasteiger partial charge in [0.15, 0.2) is 0 Å². The molecule has 2 rings (SSSR count). The van der Waals surface area contributed by atoms with Crippen molar-refractivity contribution in [2.75, 3.05) is 26.0 Å². The molecular formula is C10H15N3O2S. The van der Waals surface area contributed by atoms with Gasteiger partial charge in [0.1, 0.15) is 0 Å². The van der Waals surface area contributed by atoms with Gasteiger partial charge in [0.2, 0.25) is 0 Å². The number of fused-ring (bicyclic) bond motifs is 1. The molecule has 0 saturated carbocycles. The number of nitrogens with one attached hydrogen (secondary N) is 2. The first-order valence-corrected chi connectivity index (χ1v) is 6.54. The van der Waals surface area contributed by atoms with Crippen molar-refractivity contribution in [2.24, 2.45) is 0 Å². The van der Waals surface area contributed by atoms with E-state index in [4.69, 9.17) is 0 Å². The quantitative estimate of drug-likeness (QED) is 0.752. The molecular weight excluding hydrogens is 226 g/mol. The molecule has 0 bridgehead atoms. The lowest BCUT2D eigenvalue weighted by atomic mass is 10.2. The first-order chi connectivity index (χ1) is 7.49. The predicted molar refractivity (Wildman–Crippen MR) is 62.6 cm³/mol. The molecule has 0 aliphatic carbocycles. The SMILES string of the molecule is CN(C)NS(=O)(=O)c1ccc2c(c1)CCN2. The summed E-state index contributed by atoms with van der Waals surface area (Å²) in [4.78, 5) is 2.72. The zero-order valence-corrected chi connectivity index (χ0v) is 10.1. The minimum absolute atomic E-state index is 0.309. The van der Waals surface area contributed by atoms with Crippen molar-refractivity contribution in [1.29, 1.82) is 0 Å². The van der Waals surface area contributed by atoms with Crippen LogP contribution >= 0.6 is 0 Å². The fourth-order valence-electron chi connectivity index (χ4n) is 1.74. The summed E-state index contributed by atoms with van der Waals surface area (Å²) in [6, 6.07) is 5.15. The second-order valence-electron chi connectivity index (χ2n) is 3.98. The highest BCUT2D eigenvalue weighted by Crippen LogP contribution is 2.24. The lowest BCUT2D eigenvalue weighted by Gasteiger charge is -2.13. The summed E-state index contributed by atoms with van der Waals surface area (Å²) in [7, 11) is -0.142. The van der Waals surface area contributed by atoms with Crippen LogP contribution in [0.2, 0.25) is 0 Å². The number of hydrazine groups is 1. The molecule has 0 aromatic heterocycles. The van der Waals surface area contributed by atoms with Crippen LogP contribution in [-0.2, 0) is 16.4 Å². The Kier molecular flexibility index (Phi) is 2.88. The van der Waals surface area contributed by atoms with Crippen LogP contribution < -0.4 is 10.1 Å². The molecule has 0 fully saturated rings. The van der Waals surface area contributed by atoms with E-state index in [1.54, 1.807) is 26.2 Å². The fourth-order valence-corrected chi connectivity index (χ4v) is 2.87. The van der Waals surface area contributed by atoms with E-state index >= 15 is 0 Å². The van der Waals surface area contributed by atoms with Gasteiger partial charge in [-0.1, -0.05) is 0 Å². The fraction of sp³-hybridized carbons (Fsp3) is 0.400. The Morgan fingerprint density at radius 3 is 2.81 bits per heavy atom. The van der Waals surface area contributed by atoms with Gasteiger partial charge < -0.3 is 5.32 Å². The minimum Gasteiger partial charge on any atom is -0.384 e. The number of hydrogen-bond donors (Lipinski definition) is 2. The second-order valence-corrected chi connectivity index (χ2v) is 5.65. The zero-order valence-electron chi connectivity index (χ0n) is 9.32. The maximum Gasteiger partial charge on any atom is 0.253 e. The molecule has 0 atom stereocenters. The van der Waals surface area contributed by atoms with E-state index in [0.717, 1.165) is 24.2 Å². The molecule has 0 unspecified atom stereocenters. The highest BCUT2D eigenvalue weighted by atomic mass is 32.2. The van der Waals surface area contributed by atoms with Crippen molar-refractivity contribution < 1.29 is 8.42 Å². The Labute approximate surface area is 95.5 Å². The van der Waals surface area contributed by atoms with E-state index in [9.17, 15) is 8.42 Å². The largest absolute Gasteiger partial charge is 0.384 e. The van der Waals surface area contributed by atoms with Crippen LogP contribution in [0.5, 0.6) is 0 Å². The monoisotopic (exact) mass is 241 g/mol. The molecule has 1 aliphatic heterocycles. The van der Waals surface area contributed by atoms with Gasteiger partial charge in [0.25, 0.3) is 10.0 Å². The first kappa shape index (κ1) is 11.4. The molecule has 0 radical (unpaired) electrons. The molecule has 16 heavy (non-hydrogen) atoms. The molecule has 0 saturated heterocycles. The van der Waals surface area contributed by atoms with Crippen molar-refractivity contribution in [3.8, 4) is 0 Å². The van der Waals surface area contributed by atoms with E-state index in [-0.39, 0.29) is 0 Å². The van der Waals surface area contributed by atoms with Crippen LogP contribution in [0.15, 0.2) is 23.1 Å². The van der Waals surface area contributed by atoms with E-state index in [2.05, 4.69) is 10.1 Å². The average molecular weight is 241 g/mol. The minimum atomic E-state index is -3.43. The second kappa shape index (κ2) is 4.04. The van der Waals surface area contributed by atoms with Gasteiger partial charge in [0, 0.05) is 26.3 Å². The Morgan fingerprint density at radius 2 is 2.12 bits per heavy atom. The van der Waals surface area contributed by atoms with Crippen LogP contribution in [0.1, 0.15) is 5.56 Å². The molecule has 1 aromatic carbocycles. The maximum atomic E-state index is 11.9. The smallest absolute Gasteiger partial charge is 0.253 e. The number of nitrogens with zero attached hydrogens (tertiary/aromatic N) is 1. The van der Waals surface area contributed by atoms with Crippen LogP contribution in [-0.4, -0.2) is 34.1 Å². The van der Waals surface area contributed by atoms with Crippen LogP contribution in [0.3, 0.4) is 0 Å². The zero-order chi connectivity index (χ0) is 11.8. The third kappa shape index (κ3) is 2.18. The summed E-state index contributed by atoms with van der Waals surface area (Å²) >= 11 is 0. The van der Waals surface area contributed by atoms with Gasteiger partial charge in [-0.05, 0) is 30.2 Å². The Morgan fingerprint density at radius 1 is 1.38 bits per heavy atom. The lowest BCUT2D eigenvalue weighted by molar-refractivity contribution is 0.364. The Bertz CT molecular complexity index is 497. The highest BCUT2D eigenvalue weighted by molar-refractivity contribution is 7.89. The van der Waals surface area contributed by atoms with E-state index in [1.807, 2.05) is 6.07 Å². The molecule has 6 heteroatoms. The number of sulfonamides is 1.